The van der Waals surface area contributed by atoms with E-state index in [2.05, 4.69) is 36.4 Å². The molecular formula is C30H38N4O3. The van der Waals surface area contributed by atoms with Crippen LogP contribution in [0.15, 0.2) is 48.8 Å². The van der Waals surface area contributed by atoms with Gasteiger partial charge in [-0.3, -0.25) is 29.6 Å². The van der Waals surface area contributed by atoms with Crippen LogP contribution >= 0.6 is 0 Å². The van der Waals surface area contributed by atoms with Crippen molar-refractivity contribution in [2.75, 3.05) is 4.90 Å². The SMILES string of the molecule is CC(C)(C)c1ccc(N(C(=O)C23CCC(N2)C(=O)C3)C(C(=O)NC2CCCCC2)c2cccnc2)cc1. The smallest absolute Gasteiger partial charge is 0.248 e. The van der Waals surface area contributed by atoms with Crippen LogP contribution in [0, 0.1) is 0 Å². The van der Waals surface area contributed by atoms with Crippen molar-refractivity contribution in [2.24, 2.45) is 0 Å². The van der Waals surface area contributed by atoms with Gasteiger partial charge in [0.2, 0.25) is 11.8 Å². The quantitative estimate of drug-likeness (QED) is 0.612. The molecule has 7 heteroatoms. The molecule has 0 spiro atoms. The van der Waals surface area contributed by atoms with Gasteiger partial charge in [-0.25, -0.2) is 0 Å². The second kappa shape index (κ2) is 10.0. The van der Waals surface area contributed by atoms with E-state index in [1.807, 2.05) is 30.3 Å². The van der Waals surface area contributed by atoms with E-state index in [4.69, 9.17) is 0 Å². The highest BCUT2D eigenvalue weighted by Gasteiger charge is 2.57. The summed E-state index contributed by atoms with van der Waals surface area (Å²) in [5, 5.41) is 6.57. The van der Waals surface area contributed by atoms with Crippen molar-refractivity contribution in [2.45, 2.75) is 101 Å². The third kappa shape index (κ3) is 5.06. The molecule has 2 aromatic rings. The lowest BCUT2D eigenvalue weighted by molar-refractivity contribution is -0.130. The Morgan fingerprint density at radius 2 is 1.81 bits per heavy atom. The first-order valence-electron chi connectivity index (χ1n) is 13.6. The van der Waals surface area contributed by atoms with Crippen LogP contribution in [0.5, 0.6) is 0 Å². The zero-order valence-electron chi connectivity index (χ0n) is 22.1. The van der Waals surface area contributed by atoms with Gasteiger partial charge in [-0.1, -0.05) is 58.2 Å². The first-order chi connectivity index (χ1) is 17.7. The summed E-state index contributed by atoms with van der Waals surface area (Å²) in [6.45, 7) is 6.44. The van der Waals surface area contributed by atoms with Crippen molar-refractivity contribution in [1.82, 2.24) is 15.6 Å². The summed E-state index contributed by atoms with van der Waals surface area (Å²) in [4.78, 5) is 47.0. The first-order valence-corrected chi connectivity index (χ1v) is 13.6. The van der Waals surface area contributed by atoms with Crippen molar-refractivity contribution < 1.29 is 14.4 Å². The van der Waals surface area contributed by atoms with E-state index in [1.54, 1.807) is 23.4 Å². The molecule has 2 saturated heterocycles. The topological polar surface area (TPSA) is 91.4 Å². The van der Waals surface area contributed by atoms with E-state index in [0.717, 1.165) is 31.2 Å². The molecule has 7 nitrogen and oxygen atoms in total. The van der Waals surface area contributed by atoms with Crippen LogP contribution in [0.1, 0.15) is 89.3 Å². The van der Waals surface area contributed by atoms with Crippen molar-refractivity contribution in [1.29, 1.82) is 0 Å². The van der Waals surface area contributed by atoms with E-state index in [9.17, 15) is 14.4 Å². The Bertz CT molecular complexity index is 1150. The number of amides is 2. The van der Waals surface area contributed by atoms with E-state index >= 15 is 0 Å². The van der Waals surface area contributed by atoms with Crippen LogP contribution in [0.3, 0.4) is 0 Å². The molecule has 3 aliphatic rings. The second-order valence-corrected chi connectivity index (χ2v) is 12.0. The molecule has 196 valence electrons. The molecule has 2 bridgehead atoms. The normalized spacial score (nSPS) is 24.6. The minimum absolute atomic E-state index is 0.0503. The number of ketones is 1. The largest absolute Gasteiger partial charge is 0.351 e. The van der Waals surface area contributed by atoms with Gasteiger partial charge >= 0.3 is 0 Å². The monoisotopic (exact) mass is 502 g/mol. The standard InChI is InChI=1S/C30H38N4O3/c1-29(2,3)21-11-13-23(14-12-21)34(28(37)30-16-15-24(33-30)25(35)18-30)26(20-8-7-17-31-19-20)27(36)32-22-9-5-4-6-10-22/h7-8,11-14,17,19,22,24,26,33H,4-6,9-10,15-16,18H2,1-3H3,(H,32,36). The van der Waals surface area contributed by atoms with Crippen molar-refractivity contribution in [3.8, 4) is 0 Å². The fraction of sp³-hybridized carbons (Fsp3) is 0.533. The summed E-state index contributed by atoms with van der Waals surface area (Å²) < 4.78 is 0. The van der Waals surface area contributed by atoms with E-state index < -0.39 is 11.6 Å². The van der Waals surface area contributed by atoms with Crippen molar-refractivity contribution >= 4 is 23.3 Å². The van der Waals surface area contributed by atoms with Crippen LogP contribution in [-0.2, 0) is 19.8 Å². The lowest BCUT2D eigenvalue weighted by Gasteiger charge is -2.38. The number of nitrogens with one attached hydrogen (secondary N) is 2. The van der Waals surface area contributed by atoms with Crippen LogP contribution in [0.25, 0.3) is 0 Å². The van der Waals surface area contributed by atoms with E-state index in [1.165, 1.54) is 6.42 Å². The Balaban J connectivity index is 1.58. The minimum atomic E-state index is -0.976. The highest BCUT2D eigenvalue weighted by atomic mass is 16.2. The molecule has 1 aliphatic carbocycles. The predicted octanol–water partition coefficient (Wildman–Crippen LogP) is 4.37. The predicted molar refractivity (Wildman–Crippen MR) is 143 cm³/mol. The van der Waals surface area contributed by atoms with Gasteiger partial charge in [0.1, 0.15) is 11.6 Å². The van der Waals surface area contributed by atoms with Crippen LogP contribution in [-0.4, -0.2) is 40.2 Å². The summed E-state index contributed by atoms with van der Waals surface area (Å²) in [5.41, 5.74) is 1.41. The molecule has 5 rings (SSSR count). The van der Waals surface area contributed by atoms with Crippen LogP contribution in [0.2, 0.25) is 0 Å². The number of nitrogens with zero attached hydrogens (tertiary/aromatic N) is 2. The van der Waals surface area contributed by atoms with Gasteiger partial charge in [0.15, 0.2) is 5.78 Å². The zero-order valence-corrected chi connectivity index (χ0v) is 22.1. The maximum atomic E-state index is 14.5. The van der Waals surface area contributed by atoms with Gasteiger partial charge in [0, 0.05) is 36.1 Å². The van der Waals surface area contributed by atoms with Crippen LogP contribution < -0.4 is 15.5 Å². The Kier molecular flexibility index (Phi) is 6.92. The lowest BCUT2D eigenvalue weighted by atomic mass is 9.84. The number of pyridine rings is 1. The average molecular weight is 503 g/mol. The van der Waals surface area contributed by atoms with Crippen LogP contribution in [0.4, 0.5) is 5.69 Å². The molecule has 1 saturated carbocycles. The number of carbonyl (C=O) groups excluding carboxylic acids is 3. The maximum Gasteiger partial charge on any atom is 0.248 e. The summed E-state index contributed by atoms with van der Waals surface area (Å²) in [5.74, 6) is -0.354. The highest BCUT2D eigenvalue weighted by Crippen LogP contribution is 2.41. The summed E-state index contributed by atoms with van der Waals surface area (Å²) in [6, 6.07) is 10.5. The zero-order chi connectivity index (χ0) is 26.2. The highest BCUT2D eigenvalue weighted by molar-refractivity contribution is 6.10. The molecule has 2 N–H and O–H groups in total. The number of fused-ring (bicyclic) bond motifs is 2. The number of rotatable bonds is 6. The maximum absolute atomic E-state index is 14.5. The number of carbonyl (C=O) groups is 3. The van der Waals surface area contributed by atoms with Gasteiger partial charge in [-0.15, -0.1) is 0 Å². The first kappa shape index (κ1) is 25.6. The molecule has 2 amide bonds. The van der Waals surface area contributed by atoms with Gasteiger partial charge in [-0.2, -0.15) is 0 Å². The van der Waals surface area contributed by atoms with Gasteiger partial charge in [-0.05, 0) is 54.9 Å². The van der Waals surface area contributed by atoms with Gasteiger partial charge in [0.05, 0.1) is 6.04 Å². The Morgan fingerprint density at radius 1 is 1.08 bits per heavy atom. The number of benzene rings is 1. The third-order valence-electron chi connectivity index (χ3n) is 8.27. The molecule has 0 radical (unpaired) electrons. The average Bonchev–Trinajstić information content (AvgIpc) is 3.46. The Labute approximate surface area is 219 Å². The number of Topliss-reactive ketones (excluding diaryl/α,β-unsaturated/α-hetero) is 1. The molecule has 37 heavy (non-hydrogen) atoms. The van der Waals surface area contributed by atoms with Crippen molar-refractivity contribution in [3.05, 3.63) is 59.9 Å². The molecule has 3 heterocycles. The third-order valence-corrected chi connectivity index (χ3v) is 8.27. The summed E-state index contributed by atoms with van der Waals surface area (Å²) >= 11 is 0. The molecule has 3 fully saturated rings. The molecule has 1 aromatic heterocycles. The van der Waals surface area contributed by atoms with E-state index in [0.29, 0.717) is 24.1 Å². The fourth-order valence-corrected chi connectivity index (χ4v) is 6.13. The molecule has 3 unspecified atom stereocenters. The lowest BCUT2D eigenvalue weighted by Crippen LogP contribution is -2.57. The second-order valence-electron chi connectivity index (χ2n) is 12.0. The fourth-order valence-electron chi connectivity index (χ4n) is 6.13. The van der Waals surface area contributed by atoms with Gasteiger partial charge < -0.3 is 5.32 Å². The molecule has 1 aromatic carbocycles. The van der Waals surface area contributed by atoms with E-state index in [-0.39, 0.29) is 41.5 Å². The summed E-state index contributed by atoms with van der Waals surface area (Å²) in [6.07, 6.45) is 9.99. The Morgan fingerprint density at radius 3 is 2.38 bits per heavy atom. The minimum Gasteiger partial charge on any atom is -0.351 e. The number of hydrogen-bond acceptors (Lipinski definition) is 5. The molecule has 2 aliphatic heterocycles. The number of anilines is 1. The Hall–Kier alpha value is -3.06. The van der Waals surface area contributed by atoms with Crippen molar-refractivity contribution in [3.63, 3.8) is 0 Å². The number of hydrogen-bond donors (Lipinski definition) is 2. The number of aromatic nitrogens is 1. The molecule has 3 atom stereocenters. The molecular weight excluding hydrogens is 464 g/mol. The summed E-state index contributed by atoms with van der Waals surface area (Å²) in [7, 11) is 0. The van der Waals surface area contributed by atoms with Gasteiger partial charge in [0.25, 0.3) is 0 Å².